The van der Waals surface area contributed by atoms with Crippen molar-refractivity contribution in [2.75, 3.05) is 13.2 Å². The van der Waals surface area contributed by atoms with Crippen LogP contribution in [0, 0.1) is 6.92 Å². The second kappa shape index (κ2) is 7.09. The monoisotopic (exact) mass is 277 g/mol. The number of para-hydroxylation sites is 1. The van der Waals surface area contributed by atoms with E-state index in [0.717, 1.165) is 50.1 Å². The Balaban J connectivity index is 2.04. The first-order valence-electron chi connectivity index (χ1n) is 7.79. The average molecular weight is 277 g/mol. The summed E-state index contributed by atoms with van der Waals surface area (Å²) in [5.41, 5.74) is 1.68. The molecule has 0 spiro atoms. The van der Waals surface area contributed by atoms with Crippen LogP contribution in [0.5, 0.6) is 5.75 Å². The van der Waals surface area contributed by atoms with Crippen LogP contribution in [0.25, 0.3) is 0 Å². The van der Waals surface area contributed by atoms with E-state index in [4.69, 9.17) is 4.74 Å². The maximum atomic E-state index is 10.5. The Morgan fingerprint density at radius 2 is 2.00 bits per heavy atom. The van der Waals surface area contributed by atoms with E-state index in [1.165, 1.54) is 12.0 Å². The highest BCUT2D eigenvalue weighted by Gasteiger charge is 2.30. The molecule has 0 amide bonds. The molecule has 0 saturated heterocycles. The summed E-state index contributed by atoms with van der Waals surface area (Å²) in [5, 5.41) is 13.9. The van der Waals surface area contributed by atoms with Crippen molar-refractivity contribution in [3.8, 4) is 5.75 Å². The first-order valence-corrected chi connectivity index (χ1v) is 7.79. The van der Waals surface area contributed by atoms with E-state index < -0.39 is 5.60 Å². The molecular formula is C17H27NO2. The molecule has 1 aromatic carbocycles. The molecule has 2 rings (SSSR count). The zero-order chi connectivity index (χ0) is 14.4. The maximum absolute atomic E-state index is 10.5. The molecule has 1 saturated carbocycles. The molecule has 0 aliphatic heterocycles. The highest BCUT2D eigenvalue weighted by molar-refractivity contribution is 5.40. The van der Waals surface area contributed by atoms with Gasteiger partial charge >= 0.3 is 0 Å². The van der Waals surface area contributed by atoms with Crippen LogP contribution in [0.1, 0.15) is 50.2 Å². The summed E-state index contributed by atoms with van der Waals surface area (Å²) in [4.78, 5) is 0. The molecule has 3 heteroatoms. The summed E-state index contributed by atoms with van der Waals surface area (Å²) in [6.07, 6.45) is 5.18. The van der Waals surface area contributed by atoms with E-state index in [0.29, 0.717) is 6.61 Å². The minimum Gasteiger partial charge on any atom is -0.490 e. The third kappa shape index (κ3) is 3.97. The largest absolute Gasteiger partial charge is 0.490 e. The predicted molar refractivity (Wildman–Crippen MR) is 82.1 cm³/mol. The van der Waals surface area contributed by atoms with Crippen LogP contribution in [-0.2, 0) is 6.54 Å². The second-order valence-electron chi connectivity index (χ2n) is 5.92. The van der Waals surface area contributed by atoms with Crippen LogP contribution in [0.3, 0.4) is 0 Å². The molecule has 0 aromatic heterocycles. The number of aryl methyl sites for hydroxylation is 1. The van der Waals surface area contributed by atoms with Crippen molar-refractivity contribution < 1.29 is 9.84 Å². The van der Waals surface area contributed by atoms with Gasteiger partial charge in [0.2, 0.25) is 0 Å². The van der Waals surface area contributed by atoms with Gasteiger partial charge in [0.1, 0.15) is 12.4 Å². The number of hydrogen-bond donors (Lipinski definition) is 2. The van der Waals surface area contributed by atoms with Gasteiger partial charge in [0.25, 0.3) is 0 Å². The molecule has 0 unspecified atom stereocenters. The van der Waals surface area contributed by atoms with E-state index in [2.05, 4.69) is 37.4 Å². The molecule has 112 valence electrons. The van der Waals surface area contributed by atoms with Gasteiger partial charge in [-0.3, -0.25) is 0 Å². The summed E-state index contributed by atoms with van der Waals surface area (Å²) in [5.74, 6) is 0.937. The van der Waals surface area contributed by atoms with Gasteiger partial charge in [-0.15, -0.1) is 0 Å². The minimum atomic E-state index is -0.629. The average Bonchev–Trinajstić information content (AvgIpc) is 2.45. The molecule has 1 aliphatic rings. The Kier molecular flexibility index (Phi) is 5.44. The molecular weight excluding hydrogens is 250 g/mol. The molecule has 3 nitrogen and oxygen atoms in total. The Morgan fingerprint density at radius 1 is 1.25 bits per heavy atom. The van der Waals surface area contributed by atoms with Gasteiger partial charge < -0.3 is 15.2 Å². The van der Waals surface area contributed by atoms with Gasteiger partial charge in [0.15, 0.2) is 0 Å². The molecule has 1 fully saturated rings. The third-order valence-corrected chi connectivity index (χ3v) is 4.13. The zero-order valence-corrected chi connectivity index (χ0v) is 12.7. The van der Waals surface area contributed by atoms with Crippen molar-refractivity contribution in [3.63, 3.8) is 0 Å². The normalized spacial score (nSPS) is 17.9. The van der Waals surface area contributed by atoms with Crippen LogP contribution in [0.15, 0.2) is 18.2 Å². The summed E-state index contributed by atoms with van der Waals surface area (Å²) in [6.45, 7) is 6.33. The first kappa shape index (κ1) is 15.3. The van der Waals surface area contributed by atoms with E-state index >= 15 is 0 Å². The van der Waals surface area contributed by atoms with E-state index in [-0.39, 0.29) is 0 Å². The number of aliphatic hydroxyl groups is 1. The molecule has 0 bridgehead atoms. The zero-order valence-electron chi connectivity index (χ0n) is 12.7. The van der Waals surface area contributed by atoms with Crippen molar-refractivity contribution in [2.45, 2.75) is 58.1 Å². The van der Waals surface area contributed by atoms with Crippen molar-refractivity contribution in [1.82, 2.24) is 5.32 Å². The van der Waals surface area contributed by atoms with Crippen molar-refractivity contribution in [3.05, 3.63) is 29.3 Å². The maximum Gasteiger partial charge on any atom is 0.126 e. The molecule has 2 N–H and O–H groups in total. The van der Waals surface area contributed by atoms with Crippen molar-refractivity contribution in [1.29, 1.82) is 0 Å². The van der Waals surface area contributed by atoms with Gasteiger partial charge in [-0.25, -0.2) is 0 Å². The molecule has 0 atom stereocenters. The lowest BCUT2D eigenvalue weighted by atomic mass is 9.85. The molecule has 0 radical (unpaired) electrons. The molecule has 0 heterocycles. The fourth-order valence-corrected chi connectivity index (χ4v) is 2.88. The lowest BCUT2D eigenvalue weighted by molar-refractivity contribution is -0.0342. The summed E-state index contributed by atoms with van der Waals surface area (Å²) in [6, 6.07) is 6.22. The van der Waals surface area contributed by atoms with Gasteiger partial charge in [0, 0.05) is 12.1 Å². The van der Waals surface area contributed by atoms with Crippen molar-refractivity contribution in [2.24, 2.45) is 0 Å². The van der Waals surface area contributed by atoms with Gasteiger partial charge in [-0.05, 0) is 31.9 Å². The van der Waals surface area contributed by atoms with Gasteiger partial charge in [-0.2, -0.15) is 0 Å². The van der Waals surface area contributed by atoms with E-state index in [1.54, 1.807) is 0 Å². The fraction of sp³-hybridized carbons (Fsp3) is 0.647. The predicted octanol–water partition coefficient (Wildman–Crippen LogP) is 3.18. The van der Waals surface area contributed by atoms with Crippen LogP contribution in [0.4, 0.5) is 0 Å². The smallest absolute Gasteiger partial charge is 0.126 e. The lowest BCUT2D eigenvalue weighted by Gasteiger charge is -2.32. The van der Waals surface area contributed by atoms with Crippen LogP contribution in [0.2, 0.25) is 0 Å². The number of benzene rings is 1. The Morgan fingerprint density at radius 3 is 2.70 bits per heavy atom. The number of hydrogen-bond acceptors (Lipinski definition) is 3. The quantitative estimate of drug-likeness (QED) is 0.839. The SMILES string of the molecule is CCNCc1cccc(C)c1OCC1(O)CCCCC1. The highest BCUT2D eigenvalue weighted by atomic mass is 16.5. The number of nitrogens with one attached hydrogen (secondary N) is 1. The second-order valence-corrected chi connectivity index (χ2v) is 5.92. The fourth-order valence-electron chi connectivity index (χ4n) is 2.88. The van der Waals surface area contributed by atoms with Gasteiger partial charge in [0.05, 0.1) is 5.60 Å². The van der Waals surface area contributed by atoms with Crippen molar-refractivity contribution >= 4 is 0 Å². The van der Waals surface area contributed by atoms with Crippen LogP contribution >= 0.6 is 0 Å². The molecule has 1 aromatic rings. The standard InChI is InChI=1S/C17H27NO2/c1-3-18-12-15-9-7-8-14(2)16(15)20-13-17(19)10-5-4-6-11-17/h7-9,18-19H,3-6,10-13H2,1-2H3. The highest BCUT2D eigenvalue weighted by Crippen LogP contribution is 2.30. The van der Waals surface area contributed by atoms with Gasteiger partial charge in [-0.1, -0.05) is 44.4 Å². The van der Waals surface area contributed by atoms with Crippen LogP contribution in [-0.4, -0.2) is 23.9 Å². The first-order chi connectivity index (χ1) is 9.64. The Bertz CT molecular complexity index is 425. The van der Waals surface area contributed by atoms with E-state index in [9.17, 15) is 5.11 Å². The van der Waals surface area contributed by atoms with Crippen LogP contribution < -0.4 is 10.1 Å². The number of rotatable bonds is 6. The van der Waals surface area contributed by atoms with E-state index in [1.807, 2.05) is 0 Å². The summed E-state index contributed by atoms with van der Waals surface area (Å²) in [7, 11) is 0. The topological polar surface area (TPSA) is 41.5 Å². The third-order valence-electron chi connectivity index (χ3n) is 4.13. The molecule has 1 aliphatic carbocycles. The Labute approximate surface area is 122 Å². The Hall–Kier alpha value is -1.06. The minimum absolute atomic E-state index is 0.414. The molecule has 20 heavy (non-hydrogen) atoms. The lowest BCUT2D eigenvalue weighted by Crippen LogP contribution is -2.38. The number of ether oxygens (including phenoxy) is 1. The summed E-state index contributed by atoms with van der Waals surface area (Å²) < 4.78 is 6.02. The summed E-state index contributed by atoms with van der Waals surface area (Å²) >= 11 is 0.